The molecule has 0 bridgehead atoms. The van der Waals surface area contributed by atoms with Crippen molar-refractivity contribution in [2.24, 2.45) is 0 Å². The summed E-state index contributed by atoms with van der Waals surface area (Å²) in [5.74, 6) is 0. The minimum absolute atomic E-state index is 0.205. The fourth-order valence-electron chi connectivity index (χ4n) is 4.41. The first-order chi connectivity index (χ1) is 12.6. The lowest BCUT2D eigenvalue weighted by atomic mass is 10.0. The van der Waals surface area contributed by atoms with Gasteiger partial charge in [-0.2, -0.15) is 0 Å². The maximum absolute atomic E-state index is 13.3. The van der Waals surface area contributed by atoms with Crippen LogP contribution in [0.15, 0.2) is 23.0 Å². The molecule has 0 radical (unpaired) electrons. The number of hydrogen-bond donors (Lipinski definition) is 2. The van der Waals surface area contributed by atoms with Gasteiger partial charge >= 0.3 is 0 Å². The summed E-state index contributed by atoms with van der Waals surface area (Å²) >= 11 is 0. The summed E-state index contributed by atoms with van der Waals surface area (Å²) in [5.41, 5.74) is 4.25. The van der Waals surface area contributed by atoms with E-state index in [9.17, 15) is 4.79 Å². The van der Waals surface area contributed by atoms with Gasteiger partial charge in [-0.3, -0.25) is 4.79 Å². The van der Waals surface area contributed by atoms with E-state index in [1.54, 1.807) is 4.90 Å². The molecule has 140 valence electrons. The highest BCUT2D eigenvalue weighted by Gasteiger charge is 2.24. The molecule has 5 heteroatoms. The second-order valence-electron chi connectivity index (χ2n) is 7.87. The number of pyridine rings is 1. The Morgan fingerprint density at radius 2 is 2.08 bits per heavy atom. The Labute approximate surface area is 154 Å². The summed E-state index contributed by atoms with van der Waals surface area (Å²) in [7, 11) is 0. The fraction of sp³-hybridized carbons (Fsp3) is 0.571. The average molecular weight is 356 g/mol. The van der Waals surface area contributed by atoms with Crippen LogP contribution in [0.2, 0.25) is 0 Å². The van der Waals surface area contributed by atoms with Crippen LogP contribution in [0.4, 0.5) is 5.69 Å². The van der Waals surface area contributed by atoms with Crippen molar-refractivity contribution in [3.63, 3.8) is 0 Å². The van der Waals surface area contributed by atoms with Crippen molar-refractivity contribution in [1.82, 2.24) is 4.98 Å². The van der Waals surface area contributed by atoms with Gasteiger partial charge in [-0.25, -0.2) is 0 Å². The molecule has 2 saturated heterocycles. The Morgan fingerprint density at radius 3 is 2.85 bits per heavy atom. The number of rotatable bonds is 3. The number of piperidine rings is 1. The van der Waals surface area contributed by atoms with Crippen LogP contribution in [0, 0.1) is 6.92 Å². The minimum atomic E-state index is 0.205. The molecule has 3 heterocycles. The predicted molar refractivity (Wildman–Crippen MR) is 105 cm³/mol. The van der Waals surface area contributed by atoms with Crippen molar-refractivity contribution in [3.8, 4) is 0 Å². The molecule has 2 fully saturated rings. The average Bonchev–Trinajstić information content (AvgIpc) is 2.67. The van der Waals surface area contributed by atoms with Crippen LogP contribution in [0.3, 0.4) is 0 Å². The lowest BCUT2D eigenvalue weighted by Crippen LogP contribution is -3.15. The lowest BCUT2D eigenvalue weighted by Gasteiger charge is -2.30. The Balaban J connectivity index is 1.70. The molecule has 0 aliphatic carbocycles. The number of quaternary nitrogens is 1. The highest BCUT2D eigenvalue weighted by atomic mass is 16.5. The second kappa shape index (κ2) is 7.41. The van der Waals surface area contributed by atoms with Gasteiger partial charge in [0.25, 0.3) is 0 Å². The fourth-order valence-corrected chi connectivity index (χ4v) is 4.41. The number of aryl methyl sites for hydroxylation is 1. The molecule has 0 saturated carbocycles. The molecule has 2 aliphatic heterocycles. The number of likely N-dealkylation sites (tertiary alicyclic amines) is 1. The quantitative estimate of drug-likeness (QED) is 0.879. The Hall–Kier alpha value is -1.85. The summed E-state index contributed by atoms with van der Waals surface area (Å²) in [6.45, 7) is 9.64. The molecule has 2 atom stereocenters. The highest BCUT2D eigenvalue weighted by molar-refractivity contribution is 5.83. The Bertz CT molecular complexity index is 839. The number of aromatic amines is 1. The van der Waals surface area contributed by atoms with E-state index in [-0.39, 0.29) is 5.43 Å². The van der Waals surface area contributed by atoms with Crippen molar-refractivity contribution < 1.29 is 9.64 Å². The van der Waals surface area contributed by atoms with Gasteiger partial charge in [0.1, 0.15) is 6.54 Å². The number of hydrogen-bond acceptors (Lipinski definition) is 3. The zero-order chi connectivity index (χ0) is 18.1. The zero-order valence-corrected chi connectivity index (χ0v) is 15.9. The number of ether oxygens (including phenoxy) is 1. The number of morpholine rings is 1. The largest absolute Gasteiger partial charge is 0.378 e. The number of H-pyrrole nitrogens is 1. The van der Waals surface area contributed by atoms with Crippen molar-refractivity contribution in [2.45, 2.75) is 45.7 Å². The van der Waals surface area contributed by atoms with Gasteiger partial charge in [0.05, 0.1) is 31.4 Å². The first-order valence-corrected chi connectivity index (χ1v) is 9.96. The minimum Gasteiger partial charge on any atom is -0.378 e. The molecule has 2 aliphatic rings. The van der Waals surface area contributed by atoms with Crippen molar-refractivity contribution in [3.05, 3.63) is 39.7 Å². The van der Waals surface area contributed by atoms with Crippen molar-refractivity contribution >= 4 is 16.6 Å². The summed E-state index contributed by atoms with van der Waals surface area (Å²) in [6.07, 6.45) is 3.85. The Morgan fingerprint density at radius 1 is 1.27 bits per heavy atom. The maximum atomic E-state index is 13.3. The van der Waals surface area contributed by atoms with Crippen molar-refractivity contribution in [2.75, 3.05) is 37.7 Å². The SMILES string of the molecule is Cc1[nH]c2ccc(N3CCOCC3)cc2c(=O)c1C[NH+]1CCCC[C@@H]1C. The van der Waals surface area contributed by atoms with E-state index >= 15 is 0 Å². The number of anilines is 1. The molecule has 5 nitrogen and oxygen atoms in total. The topological polar surface area (TPSA) is 49.8 Å². The lowest BCUT2D eigenvalue weighted by molar-refractivity contribution is -0.942. The van der Waals surface area contributed by atoms with E-state index in [4.69, 9.17) is 4.74 Å². The van der Waals surface area contributed by atoms with E-state index < -0.39 is 0 Å². The molecular weight excluding hydrogens is 326 g/mol. The molecule has 0 amide bonds. The molecular formula is C21H30N3O2+. The van der Waals surface area contributed by atoms with E-state index in [2.05, 4.69) is 35.0 Å². The standard InChI is InChI=1S/C21H29N3O2/c1-15-5-3-4-8-24(15)14-19-16(2)22-20-7-6-17(13-18(20)21(19)25)23-9-11-26-12-10-23/h6-7,13,15H,3-5,8-12,14H2,1-2H3,(H,22,25)/p+1/t15-/m0/s1. The van der Waals surface area contributed by atoms with Gasteiger partial charge in [-0.05, 0) is 51.3 Å². The molecule has 0 spiro atoms. The van der Waals surface area contributed by atoms with E-state index in [0.717, 1.165) is 60.7 Å². The van der Waals surface area contributed by atoms with Gasteiger partial charge in [0.15, 0.2) is 5.43 Å². The van der Waals surface area contributed by atoms with Gasteiger partial charge in [-0.1, -0.05) is 0 Å². The number of nitrogens with one attached hydrogen (secondary N) is 2. The van der Waals surface area contributed by atoms with Crippen LogP contribution >= 0.6 is 0 Å². The van der Waals surface area contributed by atoms with Gasteiger partial charge in [-0.15, -0.1) is 0 Å². The van der Waals surface area contributed by atoms with E-state index in [1.807, 2.05) is 6.92 Å². The van der Waals surface area contributed by atoms with Gasteiger partial charge < -0.3 is 19.5 Å². The summed E-state index contributed by atoms with van der Waals surface area (Å²) in [6, 6.07) is 6.87. The normalized spacial score (nSPS) is 24.2. The summed E-state index contributed by atoms with van der Waals surface area (Å²) in [5, 5.41) is 0.818. The smallest absolute Gasteiger partial charge is 0.198 e. The van der Waals surface area contributed by atoms with E-state index in [1.165, 1.54) is 25.8 Å². The molecule has 4 rings (SSSR count). The zero-order valence-electron chi connectivity index (χ0n) is 15.9. The summed E-state index contributed by atoms with van der Waals surface area (Å²) < 4.78 is 5.45. The van der Waals surface area contributed by atoms with Gasteiger partial charge in [0.2, 0.25) is 0 Å². The van der Waals surface area contributed by atoms with Crippen LogP contribution in [0.1, 0.15) is 37.4 Å². The maximum Gasteiger partial charge on any atom is 0.198 e. The molecule has 1 aromatic heterocycles. The molecule has 1 unspecified atom stereocenters. The van der Waals surface area contributed by atoms with Crippen LogP contribution in [0.5, 0.6) is 0 Å². The van der Waals surface area contributed by atoms with Crippen LogP contribution < -0.4 is 15.2 Å². The highest BCUT2D eigenvalue weighted by Crippen LogP contribution is 2.21. The third-order valence-electron chi connectivity index (χ3n) is 6.16. The monoisotopic (exact) mass is 356 g/mol. The molecule has 1 aromatic carbocycles. The van der Waals surface area contributed by atoms with Crippen LogP contribution in [-0.4, -0.2) is 43.9 Å². The third-order valence-corrected chi connectivity index (χ3v) is 6.16. The summed E-state index contributed by atoms with van der Waals surface area (Å²) in [4.78, 5) is 20.6. The number of benzene rings is 1. The molecule has 2 N–H and O–H groups in total. The molecule has 26 heavy (non-hydrogen) atoms. The van der Waals surface area contributed by atoms with Gasteiger partial charge in [0, 0.05) is 35.4 Å². The predicted octanol–water partition coefficient (Wildman–Crippen LogP) is 1.63. The molecule has 2 aromatic rings. The van der Waals surface area contributed by atoms with E-state index in [0.29, 0.717) is 6.04 Å². The first kappa shape index (κ1) is 17.6. The van der Waals surface area contributed by atoms with Crippen LogP contribution in [-0.2, 0) is 11.3 Å². The van der Waals surface area contributed by atoms with Crippen molar-refractivity contribution in [1.29, 1.82) is 0 Å². The number of aromatic nitrogens is 1. The first-order valence-electron chi connectivity index (χ1n) is 9.96. The third kappa shape index (κ3) is 3.38. The van der Waals surface area contributed by atoms with Crippen LogP contribution in [0.25, 0.3) is 10.9 Å². The Kier molecular flexibility index (Phi) is 5.00. The number of fused-ring (bicyclic) bond motifs is 1. The number of nitrogens with zero attached hydrogens (tertiary/aromatic N) is 1. The second-order valence-corrected chi connectivity index (χ2v) is 7.87.